The van der Waals surface area contributed by atoms with E-state index in [9.17, 15) is 14.7 Å². The molecule has 0 saturated heterocycles. The van der Waals surface area contributed by atoms with Gasteiger partial charge in [0.1, 0.15) is 6.04 Å². The van der Waals surface area contributed by atoms with Gasteiger partial charge >= 0.3 is 12.0 Å². The van der Waals surface area contributed by atoms with Gasteiger partial charge in [0.15, 0.2) is 0 Å². The molecule has 1 saturated carbocycles. The Kier molecular flexibility index (Phi) is 6.20. The molecule has 1 rings (SSSR count). The monoisotopic (exact) mass is 266 g/mol. The predicted octanol–water partition coefficient (Wildman–Crippen LogP) is 1.73. The first-order valence-electron chi connectivity index (χ1n) is 6.78. The van der Waals surface area contributed by atoms with E-state index < -0.39 is 18.0 Å². The summed E-state index contributed by atoms with van der Waals surface area (Å²) in [5, 5.41) is 14.4. The van der Waals surface area contributed by atoms with Crippen molar-refractivity contribution in [2.75, 3.05) is 0 Å². The van der Waals surface area contributed by atoms with Crippen molar-refractivity contribution in [3.05, 3.63) is 0 Å². The smallest absolute Gasteiger partial charge is 0.326 e. The second kappa shape index (κ2) is 7.67. The van der Waals surface area contributed by atoms with E-state index in [2.05, 4.69) is 16.6 Å². The molecule has 2 unspecified atom stereocenters. The molecule has 0 aromatic heterocycles. The molecule has 2 amide bonds. The maximum atomic E-state index is 11.7. The first kappa shape index (κ1) is 15.4. The lowest BCUT2D eigenvalue weighted by atomic mass is 9.84. The summed E-state index contributed by atoms with van der Waals surface area (Å²) in [4.78, 5) is 23.0. The van der Waals surface area contributed by atoms with Crippen LogP contribution in [-0.2, 0) is 4.79 Å². The SMILES string of the molecule is C#CCC(C)NC(=O)NC(C(=O)O)C1CCCCC1. The van der Waals surface area contributed by atoms with Gasteiger partial charge < -0.3 is 15.7 Å². The van der Waals surface area contributed by atoms with Crippen LogP contribution in [-0.4, -0.2) is 29.2 Å². The maximum Gasteiger partial charge on any atom is 0.326 e. The maximum absolute atomic E-state index is 11.7. The van der Waals surface area contributed by atoms with Crippen LogP contribution >= 0.6 is 0 Å². The molecule has 0 aromatic rings. The summed E-state index contributed by atoms with van der Waals surface area (Å²) in [6, 6.07) is -1.43. The fraction of sp³-hybridized carbons (Fsp3) is 0.714. The van der Waals surface area contributed by atoms with Crippen LogP contribution in [0.15, 0.2) is 0 Å². The Bertz CT molecular complexity index is 356. The molecule has 0 bridgehead atoms. The molecule has 106 valence electrons. The van der Waals surface area contributed by atoms with Crippen molar-refractivity contribution in [1.82, 2.24) is 10.6 Å². The summed E-state index contributed by atoms with van der Waals surface area (Å²) in [5.41, 5.74) is 0. The average molecular weight is 266 g/mol. The third-order valence-electron chi connectivity index (χ3n) is 3.48. The number of carboxylic acids is 1. The minimum absolute atomic E-state index is 0.0277. The highest BCUT2D eigenvalue weighted by Crippen LogP contribution is 2.26. The Labute approximate surface area is 114 Å². The number of amides is 2. The number of rotatable bonds is 5. The van der Waals surface area contributed by atoms with Gasteiger partial charge in [-0.05, 0) is 25.7 Å². The van der Waals surface area contributed by atoms with Crippen LogP contribution < -0.4 is 10.6 Å². The molecule has 0 spiro atoms. The summed E-state index contributed by atoms with van der Waals surface area (Å²) >= 11 is 0. The lowest BCUT2D eigenvalue weighted by molar-refractivity contribution is -0.141. The molecular weight excluding hydrogens is 244 g/mol. The van der Waals surface area contributed by atoms with Crippen LogP contribution in [0.5, 0.6) is 0 Å². The van der Waals surface area contributed by atoms with E-state index >= 15 is 0 Å². The second-order valence-corrected chi connectivity index (χ2v) is 5.14. The van der Waals surface area contributed by atoms with E-state index in [0.29, 0.717) is 6.42 Å². The minimum atomic E-state index is -0.966. The molecular formula is C14H22N2O3. The van der Waals surface area contributed by atoms with Crippen LogP contribution in [0.3, 0.4) is 0 Å². The van der Waals surface area contributed by atoms with E-state index in [0.717, 1.165) is 32.1 Å². The molecule has 0 radical (unpaired) electrons. The molecule has 5 nitrogen and oxygen atoms in total. The van der Waals surface area contributed by atoms with E-state index in [-0.39, 0.29) is 12.0 Å². The number of hydrogen-bond acceptors (Lipinski definition) is 2. The lowest BCUT2D eigenvalue weighted by Crippen LogP contribution is -2.51. The molecule has 0 aliphatic heterocycles. The third kappa shape index (κ3) is 5.21. The normalized spacial score (nSPS) is 18.9. The van der Waals surface area contributed by atoms with E-state index in [4.69, 9.17) is 6.42 Å². The Balaban J connectivity index is 2.51. The zero-order valence-electron chi connectivity index (χ0n) is 11.3. The van der Waals surface area contributed by atoms with Gasteiger partial charge in [0, 0.05) is 12.5 Å². The van der Waals surface area contributed by atoms with E-state index in [1.807, 2.05) is 0 Å². The molecule has 1 aliphatic carbocycles. The number of carbonyl (C=O) groups excluding carboxylic acids is 1. The third-order valence-corrected chi connectivity index (χ3v) is 3.48. The highest BCUT2D eigenvalue weighted by molar-refractivity contribution is 5.82. The number of carbonyl (C=O) groups is 2. The van der Waals surface area contributed by atoms with Crippen molar-refractivity contribution in [3.8, 4) is 12.3 Å². The van der Waals surface area contributed by atoms with Crippen LogP contribution in [0.2, 0.25) is 0 Å². The quantitative estimate of drug-likeness (QED) is 0.663. The van der Waals surface area contributed by atoms with E-state index in [1.54, 1.807) is 6.92 Å². The summed E-state index contributed by atoms with van der Waals surface area (Å²) in [6.45, 7) is 1.79. The van der Waals surface area contributed by atoms with Gasteiger partial charge in [-0.25, -0.2) is 9.59 Å². The standard InChI is InChI=1S/C14H22N2O3/c1-3-7-10(2)15-14(19)16-12(13(17)18)11-8-5-4-6-9-11/h1,10-12H,4-9H2,2H3,(H,17,18)(H2,15,16,19). The molecule has 19 heavy (non-hydrogen) atoms. The summed E-state index contributed by atoms with van der Waals surface area (Å²) in [7, 11) is 0. The highest BCUT2D eigenvalue weighted by atomic mass is 16.4. The van der Waals surface area contributed by atoms with Crippen molar-refractivity contribution in [2.24, 2.45) is 5.92 Å². The van der Waals surface area contributed by atoms with Gasteiger partial charge in [-0.1, -0.05) is 19.3 Å². The van der Waals surface area contributed by atoms with Crippen molar-refractivity contribution >= 4 is 12.0 Å². The van der Waals surface area contributed by atoms with Gasteiger partial charge in [-0.2, -0.15) is 0 Å². The number of aliphatic carboxylic acids is 1. The Morgan fingerprint density at radius 2 is 1.95 bits per heavy atom. The summed E-state index contributed by atoms with van der Waals surface area (Å²) < 4.78 is 0. The second-order valence-electron chi connectivity index (χ2n) is 5.14. The van der Waals surface area contributed by atoms with Gasteiger partial charge in [-0.15, -0.1) is 12.3 Å². The number of terminal acetylenes is 1. The Morgan fingerprint density at radius 3 is 2.47 bits per heavy atom. The van der Waals surface area contributed by atoms with Crippen molar-refractivity contribution in [3.63, 3.8) is 0 Å². The summed E-state index contributed by atoms with van der Waals surface area (Å²) in [5.74, 6) is 1.52. The largest absolute Gasteiger partial charge is 0.480 e. The molecule has 2 atom stereocenters. The molecule has 0 heterocycles. The zero-order chi connectivity index (χ0) is 14.3. The molecule has 3 N–H and O–H groups in total. The van der Waals surface area contributed by atoms with E-state index in [1.165, 1.54) is 0 Å². The van der Waals surface area contributed by atoms with Gasteiger partial charge in [-0.3, -0.25) is 0 Å². The zero-order valence-corrected chi connectivity index (χ0v) is 11.3. The minimum Gasteiger partial charge on any atom is -0.480 e. The first-order valence-corrected chi connectivity index (χ1v) is 6.78. The summed E-state index contributed by atoms with van der Waals surface area (Å²) in [6.07, 6.45) is 10.5. The number of nitrogens with one attached hydrogen (secondary N) is 2. The predicted molar refractivity (Wildman–Crippen MR) is 72.6 cm³/mol. The lowest BCUT2D eigenvalue weighted by Gasteiger charge is -2.28. The molecule has 1 fully saturated rings. The van der Waals surface area contributed by atoms with Crippen LogP contribution in [0.25, 0.3) is 0 Å². The van der Waals surface area contributed by atoms with Gasteiger partial charge in [0.2, 0.25) is 0 Å². The van der Waals surface area contributed by atoms with Gasteiger partial charge in [0.05, 0.1) is 0 Å². The Hall–Kier alpha value is -1.70. The molecule has 1 aliphatic rings. The van der Waals surface area contributed by atoms with Crippen LogP contribution in [0, 0.1) is 18.3 Å². The van der Waals surface area contributed by atoms with Crippen molar-refractivity contribution in [2.45, 2.75) is 57.5 Å². The van der Waals surface area contributed by atoms with Crippen molar-refractivity contribution in [1.29, 1.82) is 0 Å². The van der Waals surface area contributed by atoms with Crippen molar-refractivity contribution < 1.29 is 14.7 Å². The number of hydrogen-bond donors (Lipinski definition) is 3. The first-order chi connectivity index (χ1) is 9.04. The highest BCUT2D eigenvalue weighted by Gasteiger charge is 2.30. The van der Waals surface area contributed by atoms with Crippen LogP contribution in [0.4, 0.5) is 4.79 Å². The molecule has 5 heteroatoms. The number of carboxylic acid groups (broad SMARTS) is 1. The number of urea groups is 1. The average Bonchev–Trinajstić information content (AvgIpc) is 2.37. The van der Waals surface area contributed by atoms with Gasteiger partial charge in [0.25, 0.3) is 0 Å². The molecule has 0 aromatic carbocycles. The fourth-order valence-electron chi connectivity index (χ4n) is 2.48. The fourth-order valence-corrected chi connectivity index (χ4v) is 2.48. The Morgan fingerprint density at radius 1 is 1.32 bits per heavy atom. The topological polar surface area (TPSA) is 78.4 Å². The van der Waals surface area contributed by atoms with Crippen LogP contribution in [0.1, 0.15) is 45.4 Å².